The predicted molar refractivity (Wildman–Crippen MR) is 249 cm³/mol. The number of phosphoric ester groups is 1. The van der Waals surface area contributed by atoms with Crippen LogP contribution in [0.25, 0.3) is 0 Å². The predicted octanol–water partition coefficient (Wildman–Crippen LogP) is 13.4. The molecule has 9 heteroatoms. The SMILES string of the molecule is CCCCCCC/C=C\C/C=C\C/C=C\CCCCCCCCCCCCC(=O)NC(COP(=O)(O)OCC[N+](C)(C)C)C(O)/C=C/CC/C=C/CCCCCCC. The summed E-state index contributed by atoms with van der Waals surface area (Å²) in [5.41, 5.74) is 0. The molecule has 0 fully saturated rings. The van der Waals surface area contributed by atoms with Gasteiger partial charge in [0, 0.05) is 6.42 Å². The van der Waals surface area contributed by atoms with E-state index in [2.05, 4.69) is 67.8 Å². The van der Waals surface area contributed by atoms with Gasteiger partial charge in [0.25, 0.3) is 0 Å². The molecule has 0 rings (SSSR count). The maximum Gasteiger partial charge on any atom is 0.472 e. The van der Waals surface area contributed by atoms with E-state index in [-0.39, 0.29) is 19.1 Å². The largest absolute Gasteiger partial charge is 0.472 e. The first kappa shape index (κ1) is 56.2. The Hall–Kier alpha value is -1.80. The van der Waals surface area contributed by atoms with Crippen molar-refractivity contribution in [3.05, 3.63) is 60.8 Å². The van der Waals surface area contributed by atoms with Gasteiger partial charge >= 0.3 is 7.82 Å². The number of nitrogens with one attached hydrogen (secondary N) is 1. The highest BCUT2D eigenvalue weighted by Crippen LogP contribution is 2.43. The Morgan fingerprint density at radius 3 is 1.50 bits per heavy atom. The highest BCUT2D eigenvalue weighted by molar-refractivity contribution is 7.47. The van der Waals surface area contributed by atoms with Gasteiger partial charge < -0.3 is 19.8 Å². The Balaban J connectivity index is 4.27. The number of likely N-dealkylation sites (N-methyl/N-ethyl adjacent to an activating group) is 1. The van der Waals surface area contributed by atoms with E-state index in [1.807, 2.05) is 27.2 Å². The number of carbonyl (C=O) groups excluding carboxylic acids is 1. The summed E-state index contributed by atoms with van der Waals surface area (Å²) in [5, 5.41) is 13.8. The van der Waals surface area contributed by atoms with Gasteiger partial charge in [0.15, 0.2) is 0 Å². The number of aliphatic hydroxyl groups excluding tert-OH is 1. The Morgan fingerprint density at radius 1 is 0.586 bits per heavy atom. The number of aliphatic hydroxyl groups is 1. The fourth-order valence-electron chi connectivity index (χ4n) is 6.42. The van der Waals surface area contributed by atoms with Crippen molar-refractivity contribution in [1.29, 1.82) is 0 Å². The molecule has 0 aromatic heterocycles. The highest BCUT2D eigenvalue weighted by atomic mass is 31.2. The van der Waals surface area contributed by atoms with E-state index < -0.39 is 20.0 Å². The molecule has 0 radical (unpaired) electrons. The lowest BCUT2D eigenvalue weighted by Gasteiger charge is -2.25. The van der Waals surface area contributed by atoms with Crippen LogP contribution in [0.15, 0.2) is 60.8 Å². The average molecular weight is 836 g/mol. The summed E-state index contributed by atoms with van der Waals surface area (Å²) in [7, 11) is 1.54. The average Bonchev–Trinajstić information content (AvgIpc) is 3.17. The zero-order chi connectivity index (χ0) is 42.8. The number of hydrogen-bond acceptors (Lipinski definition) is 5. The third-order valence-electron chi connectivity index (χ3n) is 10.2. The standard InChI is InChI=1S/C49H91N2O6P/c1-6-8-10-12-14-16-18-19-20-21-22-23-24-25-26-27-28-29-30-31-33-35-37-39-41-43-49(53)50-47(46-57-58(54,55)56-45-44-51(3,4)5)48(52)42-40-38-36-34-32-17-15-13-11-9-7-2/h18-19,21-22,24-25,32,34,40,42,47-48,52H,6-17,20,23,26-31,33,35-39,41,43-46H2,1-5H3,(H-,50,53,54,55)/p+1/b19-18-,22-21-,25-24-,34-32+,42-40+. The maximum atomic E-state index is 12.9. The van der Waals surface area contributed by atoms with Crippen molar-refractivity contribution >= 4 is 13.7 Å². The minimum atomic E-state index is -4.35. The Kier molecular flexibility index (Phi) is 39.3. The molecule has 0 heterocycles. The molecule has 338 valence electrons. The van der Waals surface area contributed by atoms with E-state index in [1.165, 1.54) is 122 Å². The van der Waals surface area contributed by atoms with Crippen LogP contribution in [0.3, 0.4) is 0 Å². The van der Waals surface area contributed by atoms with Gasteiger partial charge in [-0.05, 0) is 70.6 Å². The topological polar surface area (TPSA) is 105 Å². The summed E-state index contributed by atoms with van der Waals surface area (Å²) in [5.74, 6) is -0.195. The monoisotopic (exact) mass is 836 g/mol. The number of carbonyl (C=O) groups is 1. The number of allylic oxidation sites excluding steroid dienone is 9. The van der Waals surface area contributed by atoms with Gasteiger partial charge in [0.2, 0.25) is 5.91 Å². The molecular formula is C49H92N2O6P+. The van der Waals surface area contributed by atoms with Crippen LogP contribution in [0.5, 0.6) is 0 Å². The van der Waals surface area contributed by atoms with E-state index in [4.69, 9.17) is 9.05 Å². The van der Waals surface area contributed by atoms with Crippen LogP contribution in [0, 0.1) is 0 Å². The fourth-order valence-corrected chi connectivity index (χ4v) is 7.15. The molecule has 3 atom stereocenters. The number of amides is 1. The van der Waals surface area contributed by atoms with Crippen molar-refractivity contribution < 1.29 is 32.9 Å². The highest BCUT2D eigenvalue weighted by Gasteiger charge is 2.27. The molecular weight excluding hydrogens is 744 g/mol. The third-order valence-corrected chi connectivity index (χ3v) is 11.2. The molecule has 0 saturated carbocycles. The van der Waals surface area contributed by atoms with Crippen LogP contribution in [0.2, 0.25) is 0 Å². The van der Waals surface area contributed by atoms with E-state index in [0.29, 0.717) is 17.4 Å². The van der Waals surface area contributed by atoms with Crippen molar-refractivity contribution in [2.75, 3.05) is 40.9 Å². The van der Waals surface area contributed by atoms with Gasteiger partial charge in [-0.2, -0.15) is 0 Å². The first-order valence-corrected chi connectivity index (χ1v) is 25.2. The second-order valence-corrected chi connectivity index (χ2v) is 18.6. The molecule has 8 nitrogen and oxygen atoms in total. The van der Waals surface area contributed by atoms with E-state index in [1.54, 1.807) is 6.08 Å². The molecule has 3 unspecified atom stereocenters. The number of hydrogen-bond donors (Lipinski definition) is 3. The van der Waals surface area contributed by atoms with Crippen LogP contribution >= 0.6 is 7.82 Å². The first-order chi connectivity index (χ1) is 28.0. The summed E-state index contributed by atoms with van der Waals surface area (Å²) in [6.45, 7) is 4.74. The maximum absolute atomic E-state index is 12.9. The van der Waals surface area contributed by atoms with Crippen LogP contribution in [0.4, 0.5) is 0 Å². The number of nitrogens with zero attached hydrogens (tertiary/aromatic N) is 1. The number of rotatable bonds is 42. The molecule has 0 aliphatic carbocycles. The summed E-state index contributed by atoms with van der Waals surface area (Å²) in [6.07, 6.45) is 53.0. The Morgan fingerprint density at radius 2 is 1.00 bits per heavy atom. The van der Waals surface area contributed by atoms with Gasteiger partial charge in [0.1, 0.15) is 13.2 Å². The van der Waals surface area contributed by atoms with Gasteiger partial charge in [0.05, 0.1) is 39.9 Å². The van der Waals surface area contributed by atoms with Crippen molar-refractivity contribution in [3.63, 3.8) is 0 Å². The first-order valence-electron chi connectivity index (χ1n) is 23.7. The second kappa shape index (κ2) is 40.6. The number of phosphoric acid groups is 1. The second-order valence-electron chi connectivity index (χ2n) is 17.1. The summed E-state index contributed by atoms with van der Waals surface area (Å²) < 4.78 is 23.5. The lowest BCUT2D eigenvalue weighted by atomic mass is 10.0. The van der Waals surface area contributed by atoms with Gasteiger partial charge in [-0.25, -0.2) is 4.57 Å². The molecule has 58 heavy (non-hydrogen) atoms. The molecule has 3 N–H and O–H groups in total. The lowest BCUT2D eigenvalue weighted by Crippen LogP contribution is -2.45. The summed E-state index contributed by atoms with van der Waals surface area (Å²) in [4.78, 5) is 23.1. The summed E-state index contributed by atoms with van der Waals surface area (Å²) in [6, 6.07) is -0.866. The molecule has 0 aliphatic rings. The van der Waals surface area contributed by atoms with Crippen LogP contribution in [0.1, 0.15) is 194 Å². The van der Waals surface area contributed by atoms with Crippen LogP contribution < -0.4 is 5.32 Å². The van der Waals surface area contributed by atoms with Crippen LogP contribution in [-0.2, 0) is 18.4 Å². The number of unbranched alkanes of at least 4 members (excludes halogenated alkanes) is 21. The van der Waals surface area contributed by atoms with Crippen molar-refractivity contribution in [1.82, 2.24) is 5.32 Å². The van der Waals surface area contributed by atoms with Crippen molar-refractivity contribution in [2.45, 2.75) is 206 Å². The Labute approximate surface area is 358 Å². The van der Waals surface area contributed by atoms with Crippen molar-refractivity contribution in [3.8, 4) is 0 Å². The zero-order valence-corrected chi connectivity index (χ0v) is 39.2. The fraction of sp³-hybridized carbons (Fsp3) is 0.776. The molecule has 0 spiro atoms. The van der Waals surface area contributed by atoms with E-state index >= 15 is 0 Å². The minimum absolute atomic E-state index is 0.0530. The lowest BCUT2D eigenvalue weighted by molar-refractivity contribution is -0.870. The van der Waals surface area contributed by atoms with E-state index in [0.717, 1.165) is 51.4 Å². The van der Waals surface area contributed by atoms with Crippen LogP contribution in [-0.4, -0.2) is 73.4 Å². The summed E-state index contributed by atoms with van der Waals surface area (Å²) >= 11 is 0. The normalized spacial score (nSPS) is 14.8. The third kappa shape index (κ3) is 42.3. The molecule has 0 saturated heterocycles. The quantitative estimate of drug-likeness (QED) is 0.0245. The van der Waals surface area contributed by atoms with Gasteiger partial charge in [-0.15, -0.1) is 0 Å². The molecule has 0 bridgehead atoms. The van der Waals surface area contributed by atoms with Gasteiger partial charge in [-0.3, -0.25) is 13.8 Å². The van der Waals surface area contributed by atoms with Crippen molar-refractivity contribution in [2.24, 2.45) is 0 Å². The molecule has 0 aromatic rings. The molecule has 1 amide bonds. The van der Waals surface area contributed by atoms with Gasteiger partial charge in [-0.1, -0.05) is 177 Å². The minimum Gasteiger partial charge on any atom is -0.387 e. The smallest absolute Gasteiger partial charge is 0.387 e. The molecule has 0 aromatic carbocycles. The zero-order valence-electron chi connectivity index (χ0n) is 38.3. The van der Waals surface area contributed by atoms with E-state index in [9.17, 15) is 19.4 Å². The molecule has 0 aliphatic heterocycles. The Bertz CT molecular complexity index is 1130. The number of quaternary nitrogens is 1.